The summed E-state index contributed by atoms with van der Waals surface area (Å²) in [6.07, 6.45) is 8.61. The average Bonchev–Trinajstić information content (AvgIpc) is 3.27. The predicted molar refractivity (Wildman–Crippen MR) is 248 cm³/mol. The number of nitrogens with zero attached hydrogens (tertiary/aromatic N) is 1. The van der Waals surface area contributed by atoms with Crippen molar-refractivity contribution < 1.29 is 57.9 Å². The van der Waals surface area contributed by atoms with Crippen LogP contribution < -0.4 is 0 Å². The highest BCUT2D eigenvalue weighted by molar-refractivity contribution is 5.74. The van der Waals surface area contributed by atoms with Crippen molar-refractivity contribution in [3.63, 3.8) is 0 Å². The fraction of sp³-hybridized carbons (Fsp3) is 0.500. The number of aryl methyl sites for hydroxylation is 2. The number of methoxy groups -OCH3 is 1. The van der Waals surface area contributed by atoms with Gasteiger partial charge in [0.05, 0.1) is 19.8 Å². The Kier molecular flexibility index (Phi) is 31.2. The molecule has 2 N–H and O–H groups in total. The number of aldehydes is 1. The van der Waals surface area contributed by atoms with Crippen LogP contribution in [0.15, 0.2) is 86.0 Å². The van der Waals surface area contributed by atoms with Gasteiger partial charge >= 0.3 is 24.0 Å². The van der Waals surface area contributed by atoms with Crippen molar-refractivity contribution in [1.82, 2.24) is 4.90 Å². The summed E-state index contributed by atoms with van der Waals surface area (Å²) in [5, 5.41) is 18.9. The van der Waals surface area contributed by atoms with Crippen molar-refractivity contribution in [3.05, 3.63) is 108 Å². The SMILES string of the molecule is C=C/C(=C\C)c1ccc(CCC(=O)OCC(CO)OC(=O)CCCN(CCCC(=O)OC(CO)COC)C(=O)OC(C)(C)C)cc1.C=C/C(=C\C)c1ccc(CCC=O)cc1.CC. The average molecular weight is 880 g/mol. The first kappa shape index (κ1) is 57.6. The first-order valence-corrected chi connectivity index (χ1v) is 21.6. The van der Waals surface area contributed by atoms with Crippen LogP contribution >= 0.6 is 0 Å². The molecule has 1 amide bonds. The van der Waals surface area contributed by atoms with Gasteiger partial charge in [-0.2, -0.15) is 0 Å². The van der Waals surface area contributed by atoms with Crippen LogP contribution in [0.4, 0.5) is 4.79 Å². The van der Waals surface area contributed by atoms with E-state index in [0.29, 0.717) is 12.8 Å². The number of rotatable bonds is 26. The number of aliphatic hydroxyl groups is 2. The first-order chi connectivity index (χ1) is 30.2. The Balaban J connectivity index is 0.00000188. The lowest BCUT2D eigenvalue weighted by molar-refractivity contribution is -0.161. The van der Waals surface area contributed by atoms with Crippen LogP contribution in [-0.4, -0.2) is 110 Å². The molecule has 0 fully saturated rings. The van der Waals surface area contributed by atoms with Crippen molar-refractivity contribution >= 4 is 41.4 Å². The fourth-order valence-electron chi connectivity index (χ4n) is 5.64. The van der Waals surface area contributed by atoms with Crippen molar-refractivity contribution in [1.29, 1.82) is 0 Å². The van der Waals surface area contributed by atoms with E-state index in [1.54, 1.807) is 26.8 Å². The molecule has 0 heterocycles. The minimum absolute atomic E-state index is 0.00212. The second-order valence-electron chi connectivity index (χ2n) is 14.9. The fourth-order valence-corrected chi connectivity index (χ4v) is 5.64. The number of hydrogen-bond acceptors (Lipinski definition) is 12. The van der Waals surface area contributed by atoms with Gasteiger partial charge in [-0.25, -0.2) is 4.79 Å². The van der Waals surface area contributed by atoms with Gasteiger partial charge in [-0.1, -0.05) is 99.8 Å². The molecule has 2 aromatic carbocycles. The lowest BCUT2D eigenvalue weighted by atomic mass is 10.0. The zero-order valence-corrected chi connectivity index (χ0v) is 38.9. The maximum absolute atomic E-state index is 12.7. The molecule has 350 valence electrons. The van der Waals surface area contributed by atoms with Gasteiger partial charge in [0, 0.05) is 45.9 Å². The van der Waals surface area contributed by atoms with Gasteiger partial charge in [-0.05, 0) is 93.7 Å². The smallest absolute Gasteiger partial charge is 0.410 e. The Morgan fingerprint density at radius 2 is 1.14 bits per heavy atom. The molecule has 0 spiro atoms. The van der Waals surface area contributed by atoms with Gasteiger partial charge in [-0.3, -0.25) is 14.4 Å². The van der Waals surface area contributed by atoms with Gasteiger partial charge in [0.2, 0.25) is 0 Å². The third-order valence-electron chi connectivity index (χ3n) is 8.86. The second kappa shape index (κ2) is 34.2. The molecule has 2 rings (SSSR count). The minimum Gasteiger partial charge on any atom is -0.462 e. The number of amides is 1. The van der Waals surface area contributed by atoms with E-state index in [2.05, 4.69) is 37.4 Å². The number of ether oxygens (including phenoxy) is 5. The third kappa shape index (κ3) is 26.0. The van der Waals surface area contributed by atoms with Crippen molar-refractivity contribution in [2.75, 3.05) is 46.6 Å². The molecule has 0 bridgehead atoms. The molecule has 2 aromatic rings. The molecule has 0 saturated carbocycles. The number of aliphatic hydroxyl groups excluding tert-OH is 2. The van der Waals surface area contributed by atoms with Gasteiger partial charge in [0.15, 0.2) is 6.10 Å². The lowest BCUT2D eigenvalue weighted by Crippen LogP contribution is -2.38. The zero-order valence-electron chi connectivity index (χ0n) is 38.9. The molecular formula is C50H73NO12. The van der Waals surface area contributed by atoms with Crippen LogP contribution in [0.3, 0.4) is 0 Å². The monoisotopic (exact) mass is 880 g/mol. The zero-order chi connectivity index (χ0) is 47.6. The Morgan fingerprint density at radius 3 is 1.52 bits per heavy atom. The molecule has 0 aliphatic heterocycles. The highest BCUT2D eigenvalue weighted by atomic mass is 16.6. The molecule has 13 heteroatoms. The molecule has 0 aliphatic carbocycles. The van der Waals surface area contributed by atoms with E-state index >= 15 is 0 Å². The summed E-state index contributed by atoms with van der Waals surface area (Å²) in [5.41, 5.74) is 5.76. The molecule has 0 aromatic heterocycles. The van der Waals surface area contributed by atoms with Crippen LogP contribution in [-0.2, 0) is 55.7 Å². The number of carbonyl (C=O) groups excluding carboxylic acids is 5. The third-order valence-corrected chi connectivity index (χ3v) is 8.86. The largest absolute Gasteiger partial charge is 0.462 e. The van der Waals surface area contributed by atoms with Crippen LogP contribution in [0.5, 0.6) is 0 Å². The summed E-state index contributed by atoms with van der Waals surface area (Å²) < 4.78 is 26.0. The lowest BCUT2D eigenvalue weighted by Gasteiger charge is -2.27. The molecule has 2 atom stereocenters. The van der Waals surface area contributed by atoms with E-state index in [-0.39, 0.29) is 65.0 Å². The Hall–Kier alpha value is -5.37. The quantitative estimate of drug-likeness (QED) is 0.0400. The maximum Gasteiger partial charge on any atom is 0.410 e. The summed E-state index contributed by atoms with van der Waals surface area (Å²) >= 11 is 0. The van der Waals surface area contributed by atoms with Gasteiger partial charge in [0.1, 0.15) is 24.6 Å². The van der Waals surface area contributed by atoms with E-state index in [4.69, 9.17) is 23.7 Å². The first-order valence-electron chi connectivity index (χ1n) is 21.6. The van der Waals surface area contributed by atoms with Crippen LogP contribution in [0, 0.1) is 0 Å². The molecule has 0 radical (unpaired) electrons. The minimum atomic E-state index is -1.03. The predicted octanol–water partition coefficient (Wildman–Crippen LogP) is 8.44. The summed E-state index contributed by atoms with van der Waals surface area (Å²) in [7, 11) is 1.43. The number of hydrogen-bond donors (Lipinski definition) is 2. The molecule has 2 unspecified atom stereocenters. The molecule has 0 saturated heterocycles. The molecule has 63 heavy (non-hydrogen) atoms. The number of allylic oxidation sites excluding steroid dienone is 6. The van der Waals surface area contributed by atoms with Crippen LogP contribution in [0.1, 0.15) is 109 Å². The maximum atomic E-state index is 12.7. The van der Waals surface area contributed by atoms with E-state index in [9.17, 15) is 34.2 Å². The number of carbonyl (C=O) groups is 5. The Labute approximate surface area is 375 Å². The summed E-state index contributed by atoms with van der Waals surface area (Å²) in [6, 6.07) is 16.0. The highest BCUT2D eigenvalue weighted by Crippen LogP contribution is 2.18. The summed E-state index contributed by atoms with van der Waals surface area (Å²) in [4.78, 5) is 61.2. The molecule has 13 nitrogen and oxygen atoms in total. The van der Waals surface area contributed by atoms with E-state index in [0.717, 1.165) is 35.0 Å². The highest BCUT2D eigenvalue weighted by Gasteiger charge is 2.23. The van der Waals surface area contributed by atoms with Crippen LogP contribution in [0.25, 0.3) is 11.1 Å². The molecular weight excluding hydrogens is 807 g/mol. The number of benzene rings is 2. The van der Waals surface area contributed by atoms with E-state index in [1.807, 2.05) is 70.2 Å². The molecule has 0 aliphatic rings. The number of esters is 3. The summed E-state index contributed by atoms with van der Waals surface area (Å²) in [6.45, 7) is 19.9. The van der Waals surface area contributed by atoms with E-state index < -0.39 is 48.4 Å². The summed E-state index contributed by atoms with van der Waals surface area (Å²) in [5.74, 6) is -1.65. The van der Waals surface area contributed by atoms with Gasteiger partial charge in [0.25, 0.3) is 0 Å². The van der Waals surface area contributed by atoms with Gasteiger partial charge < -0.3 is 43.6 Å². The Morgan fingerprint density at radius 1 is 0.698 bits per heavy atom. The standard InChI is InChI=1S/C34H51NO11.C14H16O.C2H6/c1-7-26(8-2)27-16-13-25(14-17-27)15-18-30(38)43-24-29(22-37)45-32(40)12-10-20-35(33(41)46-34(3,4)5)19-9-11-31(39)44-28(21-36)23-42-6;1-3-13(4-2)14-9-7-12(8-10-14)6-5-11-15;1-2/h7-8,13-14,16-17,28-29,36-37H,1,9-12,15,18-24H2,2-6H3;3-4,7-11H,1,5-6H2,2H3;1-2H3/b26-8+;13-4+;. The van der Waals surface area contributed by atoms with Crippen LogP contribution in [0.2, 0.25) is 0 Å². The topological polar surface area (TPSA) is 175 Å². The normalized spacial score (nSPS) is 12.2. The van der Waals surface area contributed by atoms with E-state index in [1.165, 1.54) is 23.1 Å². The Bertz CT molecular complexity index is 1710. The van der Waals surface area contributed by atoms with Gasteiger partial charge in [-0.15, -0.1) is 0 Å². The second-order valence-corrected chi connectivity index (χ2v) is 14.9. The van der Waals surface area contributed by atoms with Crippen molar-refractivity contribution in [3.8, 4) is 0 Å². The van der Waals surface area contributed by atoms with Crippen molar-refractivity contribution in [2.24, 2.45) is 0 Å². The van der Waals surface area contributed by atoms with Crippen molar-refractivity contribution in [2.45, 2.75) is 118 Å².